The highest BCUT2D eigenvalue weighted by Crippen LogP contribution is 2.29. The van der Waals surface area contributed by atoms with Crippen molar-refractivity contribution in [1.29, 1.82) is 0 Å². The minimum atomic E-state index is -4.75. The van der Waals surface area contributed by atoms with Crippen LogP contribution in [0.3, 0.4) is 0 Å². The van der Waals surface area contributed by atoms with E-state index in [4.69, 9.17) is 4.74 Å². The Morgan fingerprint density at radius 2 is 2.06 bits per heavy atom. The van der Waals surface area contributed by atoms with Crippen LogP contribution in [0.15, 0.2) is 36.9 Å². The van der Waals surface area contributed by atoms with Crippen molar-refractivity contribution in [2.75, 3.05) is 26.3 Å². The van der Waals surface area contributed by atoms with E-state index in [-0.39, 0.29) is 24.2 Å². The van der Waals surface area contributed by atoms with Gasteiger partial charge in [0.1, 0.15) is 5.75 Å². The molecule has 1 saturated heterocycles. The Labute approximate surface area is 190 Å². The number of nitrogens with zero attached hydrogens (tertiary/aromatic N) is 3. The number of morpholine rings is 1. The Morgan fingerprint density at radius 3 is 2.79 bits per heavy atom. The Kier molecular flexibility index (Phi) is 7.04. The van der Waals surface area contributed by atoms with Crippen LogP contribution in [0, 0.1) is 0 Å². The second kappa shape index (κ2) is 9.96. The minimum Gasteiger partial charge on any atom is -0.405 e. The number of fused-ring (bicyclic) bond motifs is 1. The number of rotatable bonds is 7. The van der Waals surface area contributed by atoms with Crippen molar-refractivity contribution < 1.29 is 27.4 Å². The molecule has 0 unspecified atom stereocenters. The lowest BCUT2D eigenvalue weighted by molar-refractivity contribution is -0.274. The SMILES string of the molecule is C=CCn1nc(C(=O)N2CCOCC2)c2c1CC[C@H](NCc1ccccc1OC(F)(F)F)C2. The summed E-state index contributed by atoms with van der Waals surface area (Å²) in [7, 11) is 0. The second-order valence-corrected chi connectivity index (χ2v) is 8.13. The Hall–Kier alpha value is -2.85. The fourth-order valence-corrected chi connectivity index (χ4v) is 4.35. The number of amides is 1. The molecule has 1 aromatic carbocycles. The molecule has 1 fully saturated rings. The first-order chi connectivity index (χ1) is 15.9. The first-order valence-electron chi connectivity index (χ1n) is 11.0. The lowest BCUT2D eigenvalue weighted by Crippen LogP contribution is -2.41. The first-order valence-corrected chi connectivity index (χ1v) is 11.0. The molecule has 2 aliphatic rings. The zero-order valence-corrected chi connectivity index (χ0v) is 18.2. The summed E-state index contributed by atoms with van der Waals surface area (Å²) in [4.78, 5) is 14.9. The molecule has 4 rings (SSSR count). The van der Waals surface area contributed by atoms with Gasteiger partial charge in [0.15, 0.2) is 5.69 Å². The van der Waals surface area contributed by atoms with Gasteiger partial charge < -0.3 is 19.7 Å². The van der Waals surface area contributed by atoms with Gasteiger partial charge in [0.05, 0.1) is 19.8 Å². The van der Waals surface area contributed by atoms with Crippen LogP contribution in [0.25, 0.3) is 0 Å². The van der Waals surface area contributed by atoms with E-state index in [1.807, 2.05) is 4.68 Å². The highest BCUT2D eigenvalue weighted by Gasteiger charge is 2.33. The van der Waals surface area contributed by atoms with Crippen LogP contribution < -0.4 is 10.1 Å². The molecular weight excluding hydrogens is 437 g/mol. The quantitative estimate of drug-likeness (QED) is 0.638. The zero-order chi connectivity index (χ0) is 23.4. The summed E-state index contributed by atoms with van der Waals surface area (Å²) in [6.07, 6.45) is -0.934. The molecule has 1 atom stereocenters. The van der Waals surface area contributed by atoms with Crippen molar-refractivity contribution >= 4 is 5.91 Å². The van der Waals surface area contributed by atoms with Gasteiger partial charge in [-0.15, -0.1) is 19.8 Å². The molecule has 1 amide bonds. The average molecular weight is 464 g/mol. The third-order valence-corrected chi connectivity index (χ3v) is 5.93. The van der Waals surface area contributed by atoms with E-state index in [9.17, 15) is 18.0 Å². The minimum absolute atomic E-state index is 0.00550. The summed E-state index contributed by atoms with van der Waals surface area (Å²) in [6.45, 7) is 6.58. The highest BCUT2D eigenvalue weighted by molar-refractivity contribution is 5.94. The number of carbonyl (C=O) groups is 1. The number of hydrogen-bond acceptors (Lipinski definition) is 5. The number of aromatic nitrogens is 2. The van der Waals surface area contributed by atoms with Crippen LogP contribution >= 0.6 is 0 Å². The maximum Gasteiger partial charge on any atom is 0.573 e. The average Bonchev–Trinajstić information content (AvgIpc) is 3.15. The maximum absolute atomic E-state index is 13.2. The van der Waals surface area contributed by atoms with Gasteiger partial charge in [0, 0.05) is 42.5 Å². The smallest absolute Gasteiger partial charge is 0.405 e. The third-order valence-electron chi connectivity index (χ3n) is 5.93. The maximum atomic E-state index is 13.2. The lowest BCUT2D eigenvalue weighted by Gasteiger charge is -2.28. The van der Waals surface area contributed by atoms with Crippen molar-refractivity contribution in [2.45, 2.75) is 44.8 Å². The number of alkyl halides is 3. The van der Waals surface area contributed by atoms with Crippen LogP contribution in [0.1, 0.15) is 33.7 Å². The van der Waals surface area contributed by atoms with Gasteiger partial charge in [-0.2, -0.15) is 5.10 Å². The number of allylic oxidation sites excluding steroid dienone is 1. The molecule has 0 spiro atoms. The standard InChI is InChI=1S/C23H27F3N4O3/c1-2-9-30-19-8-7-17(27-15-16-5-3-4-6-20(16)33-23(24,25)26)14-18(19)21(28-30)22(31)29-10-12-32-13-11-29/h2-6,17,27H,1,7-15H2/t17-/m0/s1. The molecule has 1 aliphatic carbocycles. The number of ether oxygens (including phenoxy) is 2. The fourth-order valence-electron chi connectivity index (χ4n) is 4.35. The summed E-state index contributed by atoms with van der Waals surface area (Å²) in [5.74, 6) is -0.321. The number of para-hydroxylation sites is 1. The molecule has 2 heterocycles. The predicted octanol–water partition coefficient (Wildman–Crippen LogP) is 3.09. The second-order valence-electron chi connectivity index (χ2n) is 8.13. The summed E-state index contributed by atoms with van der Waals surface area (Å²) < 4.78 is 49.5. The third kappa shape index (κ3) is 5.56. The van der Waals surface area contributed by atoms with Gasteiger partial charge in [-0.1, -0.05) is 24.3 Å². The van der Waals surface area contributed by atoms with Crippen LogP contribution in [-0.2, 0) is 30.7 Å². The normalized spacial score (nSPS) is 18.6. The van der Waals surface area contributed by atoms with Crippen LogP contribution in [-0.4, -0.2) is 59.3 Å². The number of hydrogen-bond donors (Lipinski definition) is 1. The van der Waals surface area contributed by atoms with Crippen molar-refractivity contribution in [3.8, 4) is 5.75 Å². The van der Waals surface area contributed by atoms with Gasteiger partial charge in [-0.25, -0.2) is 0 Å². The van der Waals surface area contributed by atoms with Crippen LogP contribution in [0.2, 0.25) is 0 Å². The van der Waals surface area contributed by atoms with E-state index in [1.54, 1.807) is 23.1 Å². The molecule has 2 aromatic rings. The van der Waals surface area contributed by atoms with Crippen molar-refractivity contribution in [2.24, 2.45) is 0 Å². The van der Waals surface area contributed by atoms with Crippen LogP contribution in [0.5, 0.6) is 5.75 Å². The Balaban J connectivity index is 1.50. The van der Waals surface area contributed by atoms with E-state index < -0.39 is 6.36 Å². The van der Waals surface area contributed by atoms with Gasteiger partial charge in [0.25, 0.3) is 5.91 Å². The van der Waals surface area contributed by atoms with Gasteiger partial charge in [0.2, 0.25) is 0 Å². The molecule has 0 radical (unpaired) electrons. The highest BCUT2D eigenvalue weighted by atomic mass is 19.4. The Morgan fingerprint density at radius 1 is 1.30 bits per heavy atom. The summed E-state index contributed by atoms with van der Waals surface area (Å²) in [5.41, 5.74) is 2.79. The number of benzene rings is 1. The van der Waals surface area contributed by atoms with E-state index in [1.165, 1.54) is 12.1 Å². The van der Waals surface area contributed by atoms with Crippen molar-refractivity contribution in [3.63, 3.8) is 0 Å². The van der Waals surface area contributed by atoms with Crippen LogP contribution in [0.4, 0.5) is 13.2 Å². The topological polar surface area (TPSA) is 68.6 Å². The molecule has 178 valence electrons. The number of carbonyl (C=O) groups excluding carboxylic acids is 1. The fraction of sp³-hybridized carbons (Fsp3) is 0.478. The molecule has 33 heavy (non-hydrogen) atoms. The lowest BCUT2D eigenvalue weighted by atomic mass is 9.90. The molecule has 1 aliphatic heterocycles. The van der Waals surface area contributed by atoms with E-state index >= 15 is 0 Å². The van der Waals surface area contributed by atoms with Gasteiger partial charge >= 0.3 is 6.36 Å². The molecule has 7 nitrogen and oxygen atoms in total. The first kappa shape index (κ1) is 23.3. The van der Waals surface area contributed by atoms with Gasteiger partial charge in [-0.3, -0.25) is 9.48 Å². The van der Waals surface area contributed by atoms with E-state index in [0.29, 0.717) is 56.9 Å². The Bertz CT molecular complexity index is 999. The van der Waals surface area contributed by atoms with Crippen molar-refractivity contribution in [1.82, 2.24) is 20.0 Å². The number of halogens is 3. The summed E-state index contributed by atoms with van der Waals surface area (Å²) in [5, 5.41) is 7.95. The molecule has 0 bridgehead atoms. The van der Waals surface area contributed by atoms with Crippen molar-refractivity contribution in [3.05, 3.63) is 59.4 Å². The van der Waals surface area contributed by atoms with E-state index in [0.717, 1.165) is 17.7 Å². The predicted molar refractivity (Wildman–Crippen MR) is 115 cm³/mol. The molecule has 1 aromatic heterocycles. The number of nitrogens with one attached hydrogen (secondary N) is 1. The van der Waals surface area contributed by atoms with Gasteiger partial charge in [-0.05, 0) is 25.3 Å². The zero-order valence-electron chi connectivity index (χ0n) is 18.2. The summed E-state index contributed by atoms with van der Waals surface area (Å²) >= 11 is 0. The van der Waals surface area contributed by atoms with E-state index in [2.05, 4.69) is 21.7 Å². The molecular formula is C23H27F3N4O3. The summed E-state index contributed by atoms with van der Waals surface area (Å²) in [6, 6.07) is 6.10. The molecule has 10 heteroatoms. The largest absolute Gasteiger partial charge is 0.573 e. The molecule has 0 saturated carbocycles. The molecule has 1 N–H and O–H groups in total. The monoisotopic (exact) mass is 464 g/mol.